The van der Waals surface area contributed by atoms with Crippen LogP contribution in [0.25, 0.3) is 6.08 Å². The summed E-state index contributed by atoms with van der Waals surface area (Å²) in [6.07, 6.45) is 1.32. The molecule has 11 heteroatoms. The van der Waals surface area contributed by atoms with E-state index in [4.69, 9.17) is 16.3 Å². The number of halogens is 1. The van der Waals surface area contributed by atoms with Crippen molar-refractivity contribution in [2.45, 2.75) is 0 Å². The van der Waals surface area contributed by atoms with Gasteiger partial charge in [-0.2, -0.15) is 0 Å². The molecule has 0 aliphatic carbocycles. The second-order valence-corrected chi connectivity index (χ2v) is 7.12. The largest absolute Gasteiger partial charge is 0.378 e. The van der Waals surface area contributed by atoms with Crippen molar-refractivity contribution in [2.75, 3.05) is 32.8 Å². The van der Waals surface area contributed by atoms with Crippen LogP contribution in [0.15, 0.2) is 23.1 Å². The number of nitro groups is 1. The van der Waals surface area contributed by atoms with Gasteiger partial charge in [-0.3, -0.25) is 29.4 Å². The zero-order valence-electron chi connectivity index (χ0n) is 13.9. The summed E-state index contributed by atoms with van der Waals surface area (Å²) in [6, 6.07) is 3.80. The monoisotopic (exact) mass is 411 g/mol. The number of benzene rings is 1. The number of morpholine rings is 1. The molecule has 3 rings (SSSR count). The number of ether oxygens (including phenoxy) is 1. The third kappa shape index (κ3) is 4.29. The Kier molecular flexibility index (Phi) is 5.78. The van der Waals surface area contributed by atoms with Crippen LogP contribution in [0, 0.1) is 10.1 Å². The average Bonchev–Trinajstić information content (AvgIpc) is 2.91. The van der Waals surface area contributed by atoms with Gasteiger partial charge in [-0.05, 0) is 23.9 Å². The van der Waals surface area contributed by atoms with Crippen LogP contribution in [0.2, 0.25) is 5.02 Å². The van der Waals surface area contributed by atoms with E-state index >= 15 is 0 Å². The molecule has 0 bridgehead atoms. The Balaban J connectivity index is 1.77. The molecule has 0 unspecified atom stereocenters. The van der Waals surface area contributed by atoms with E-state index < -0.39 is 16.1 Å². The summed E-state index contributed by atoms with van der Waals surface area (Å²) < 4.78 is 5.17. The van der Waals surface area contributed by atoms with E-state index in [0.717, 1.165) is 4.90 Å². The van der Waals surface area contributed by atoms with Crippen LogP contribution in [0.5, 0.6) is 0 Å². The second-order valence-electron chi connectivity index (χ2n) is 5.72. The third-order valence-corrected chi connectivity index (χ3v) is 5.26. The number of carbonyl (C=O) groups is 3. The van der Waals surface area contributed by atoms with Gasteiger partial charge in [0.15, 0.2) is 0 Å². The van der Waals surface area contributed by atoms with Gasteiger partial charge in [0.2, 0.25) is 5.91 Å². The first kappa shape index (κ1) is 19.3. The molecular formula is C16H14ClN3O6S. The van der Waals surface area contributed by atoms with E-state index in [1.165, 1.54) is 29.2 Å². The lowest BCUT2D eigenvalue weighted by molar-refractivity contribution is -0.384. The van der Waals surface area contributed by atoms with Crippen LogP contribution in [0.1, 0.15) is 5.56 Å². The number of rotatable bonds is 4. The molecule has 1 aromatic rings. The Morgan fingerprint density at radius 3 is 2.70 bits per heavy atom. The number of hydrogen-bond acceptors (Lipinski definition) is 7. The Labute approximate surface area is 163 Å². The van der Waals surface area contributed by atoms with Crippen molar-refractivity contribution in [2.24, 2.45) is 0 Å². The number of hydrogen-bond donors (Lipinski definition) is 0. The molecule has 2 aliphatic rings. The number of thioether (sulfide) groups is 1. The van der Waals surface area contributed by atoms with Crippen LogP contribution in [0.3, 0.4) is 0 Å². The standard InChI is InChI=1S/C16H14ClN3O6S/c17-12-2-1-11(20(24)25)7-10(12)8-13-15(22)19(16(23)27-13)9-14(21)18-3-5-26-6-4-18/h1-2,7-8H,3-6,9H2/b13-8+. The van der Waals surface area contributed by atoms with Gasteiger partial charge in [-0.1, -0.05) is 11.6 Å². The van der Waals surface area contributed by atoms with Gasteiger partial charge in [0.05, 0.1) is 23.0 Å². The molecule has 0 N–H and O–H groups in total. The predicted octanol–water partition coefficient (Wildman–Crippen LogP) is 2.14. The third-order valence-electron chi connectivity index (χ3n) is 4.01. The summed E-state index contributed by atoms with van der Waals surface area (Å²) in [7, 11) is 0. The van der Waals surface area contributed by atoms with Crippen molar-refractivity contribution in [1.29, 1.82) is 0 Å². The lowest BCUT2D eigenvalue weighted by Crippen LogP contribution is -2.46. The van der Waals surface area contributed by atoms with Gasteiger partial charge in [-0.25, -0.2) is 0 Å². The highest BCUT2D eigenvalue weighted by atomic mass is 35.5. The van der Waals surface area contributed by atoms with Crippen molar-refractivity contribution < 1.29 is 24.0 Å². The molecule has 2 fully saturated rings. The molecule has 1 aromatic carbocycles. The fraction of sp³-hybridized carbons (Fsp3) is 0.312. The van der Waals surface area contributed by atoms with E-state index in [2.05, 4.69) is 0 Å². The van der Waals surface area contributed by atoms with Gasteiger partial charge in [0.1, 0.15) is 6.54 Å². The highest BCUT2D eigenvalue weighted by Gasteiger charge is 2.37. The minimum Gasteiger partial charge on any atom is -0.378 e. The van der Waals surface area contributed by atoms with Crippen molar-refractivity contribution >= 4 is 52.2 Å². The lowest BCUT2D eigenvalue weighted by atomic mass is 10.2. The van der Waals surface area contributed by atoms with Crippen LogP contribution in [-0.2, 0) is 14.3 Å². The van der Waals surface area contributed by atoms with Crippen molar-refractivity contribution in [3.05, 3.63) is 43.8 Å². The fourth-order valence-electron chi connectivity index (χ4n) is 2.58. The summed E-state index contributed by atoms with van der Waals surface area (Å²) in [5, 5.41) is 10.5. The van der Waals surface area contributed by atoms with Gasteiger partial charge in [0.25, 0.3) is 16.8 Å². The van der Waals surface area contributed by atoms with Gasteiger partial charge >= 0.3 is 0 Å². The maximum absolute atomic E-state index is 12.5. The number of nitro benzene ring substituents is 1. The SMILES string of the molecule is O=C(CN1C(=O)S/C(=C/c2cc([N+](=O)[O-])ccc2Cl)C1=O)N1CCOCC1. The first-order valence-electron chi connectivity index (χ1n) is 7.91. The van der Waals surface area contributed by atoms with Crippen LogP contribution < -0.4 is 0 Å². The maximum atomic E-state index is 12.5. The van der Waals surface area contributed by atoms with Crippen LogP contribution in [0.4, 0.5) is 10.5 Å². The first-order valence-corrected chi connectivity index (χ1v) is 9.11. The summed E-state index contributed by atoms with van der Waals surface area (Å²) >= 11 is 6.69. The molecule has 142 valence electrons. The summed E-state index contributed by atoms with van der Waals surface area (Å²) in [5.41, 5.74) is 0.0586. The van der Waals surface area contributed by atoms with E-state index in [0.29, 0.717) is 38.1 Å². The lowest BCUT2D eigenvalue weighted by Gasteiger charge is -2.28. The number of nitrogens with zero attached hydrogens (tertiary/aromatic N) is 3. The second kappa shape index (κ2) is 8.07. The van der Waals surface area contributed by atoms with Crippen molar-refractivity contribution in [3.8, 4) is 0 Å². The highest BCUT2D eigenvalue weighted by molar-refractivity contribution is 8.18. The molecule has 2 saturated heterocycles. The Morgan fingerprint density at radius 1 is 1.33 bits per heavy atom. The zero-order valence-corrected chi connectivity index (χ0v) is 15.5. The molecule has 0 radical (unpaired) electrons. The number of carbonyl (C=O) groups excluding carboxylic acids is 3. The Morgan fingerprint density at radius 2 is 2.04 bits per heavy atom. The Hall–Kier alpha value is -2.43. The summed E-state index contributed by atoms with van der Waals surface area (Å²) in [5.74, 6) is -0.968. The first-order chi connectivity index (χ1) is 12.9. The summed E-state index contributed by atoms with van der Waals surface area (Å²) in [6.45, 7) is 1.30. The molecule has 0 saturated carbocycles. The van der Waals surface area contributed by atoms with Gasteiger partial charge < -0.3 is 9.64 Å². The van der Waals surface area contributed by atoms with Crippen LogP contribution in [-0.4, -0.2) is 64.6 Å². The topological polar surface area (TPSA) is 110 Å². The number of amides is 3. The highest BCUT2D eigenvalue weighted by Crippen LogP contribution is 2.34. The molecule has 0 aromatic heterocycles. The minimum absolute atomic E-state index is 0.0529. The molecule has 2 aliphatic heterocycles. The quantitative estimate of drug-likeness (QED) is 0.424. The van der Waals surface area contributed by atoms with E-state index in [1.54, 1.807) is 0 Å². The zero-order chi connectivity index (χ0) is 19.6. The molecule has 9 nitrogen and oxygen atoms in total. The molecular weight excluding hydrogens is 398 g/mol. The van der Waals surface area contributed by atoms with Crippen molar-refractivity contribution in [3.63, 3.8) is 0 Å². The van der Waals surface area contributed by atoms with Crippen LogP contribution >= 0.6 is 23.4 Å². The molecule has 0 atom stereocenters. The molecule has 3 amide bonds. The normalized spacial score (nSPS) is 19.1. The Bertz CT molecular complexity index is 853. The van der Waals surface area contributed by atoms with E-state index in [1.807, 2.05) is 0 Å². The smallest absolute Gasteiger partial charge is 0.294 e. The number of imide groups is 1. The van der Waals surface area contributed by atoms with Gasteiger partial charge in [0, 0.05) is 35.8 Å². The van der Waals surface area contributed by atoms with Crippen molar-refractivity contribution in [1.82, 2.24) is 9.80 Å². The molecule has 0 spiro atoms. The minimum atomic E-state index is -0.630. The predicted molar refractivity (Wildman–Crippen MR) is 98.2 cm³/mol. The fourth-order valence-corrected chi connectivity index (χ4v) is 3.58. The average molecular weight is 412 g/mol. The van der Waals surface area contributed by atoms with E-state index in [9.17, 15) is 24.5 Å². The summed E-state index contributed by atoms with van der Waals surface area (Å²) in [4.78, 5) is 49.7. The maximum Gasteiger partial charge on any atom is 0.294 e. The molecule has 2 heterocycles. The number of non-ortho nitro benzene ring substituents is 1. The molecule has 27 heavy (non-hydrogen) atoms. The van der Waals surface area contributed by atoms with E-state index in [-0.39, 0.29) is 33.6 Å². The van der Waals surface area contributed by atoms with Gasteiger partial charge in [-0.15, -0.1) is 0 Å².